The zero-order valence-corrected chi connectivity index (χ0v) is 17.1. The van der Waals surface area contributed by atoms with Crippen molar-refractivity contribution < 1.29 is 18.7 Å². The molecule has 160 valence electrons. The first-order chi connectivity index (χ1) is 15.0. The summed E-state index contributed by atoms with van der Waals surface area (Å²) in [6.45, 7) is 0.858. The molecule has 4 rings (SSSR count). The van der Waals surface area contributed by atoms with Crippen molar-refractivity contribution in [2.45, 2.75) is 12.8 Å². The SMILES string of the molecule is COc1ccc(-n2ncc(C(=O)C3CCN(C(=O)c4cccc(F)c4)CC3)c2N)cc1. The molecule has 2 aromatic carbocycles. The predicted octanol–water partition coefficient (Wildman–Crippen LogP) is 3.34. The average Bonchev–Trinajstić information content (AvgIpc) is 3.19. The number of methoxy groups -OCH3 is 1. The van der Waals surface area contributed by atoms with Gasteiger partial charge in [0.05, 0.1) is 24.6 Å². The van der Waals surface area contributed by atoms with Crippen LogP contribution in [0.15, 0.2) is 54.7 Å². The minimum atomic E-state index is -0.444. The van der Waals surface area contributed by atoms with Gasteiger partial charge in [-0.3, -0.25) is 9.59 Å². The summed E-state index contributed by atoms with van der Waals surface area (Å²) in [5.74, 6) is 0.0127. The monoisotopic (exact) mass is 422 g/mol. The lowest BCUT2D eigenvalue weighted by Crippen LogP contribution is -2.40. The van der Waals surface area contributed by atoms with E-state index in [0.717, 1.165) is 5.69 Å². The number of halogens is 1. The number of piperidine rings is 1. The van der Waals surface area contributed by atoms with E-state index in [1.807, 2.05) is 12.1 Å². The van der Waals surface area contributed by atoms with E-state index in [1.165, 1.54) is 29.1 Å². The van der Waals surface area contributed by atoms with Gasteiger partial charge in [0.1, 0.15) is 17.4 Å². The van der Waals surface area contributed by atoms with Gasteiger partial charge < -0.3 is 15.4 Å². The fourth-order valence-electron chi connectivity index (χ4n) is 3.85. The van der Waals surface area contributed by atoms with Crippen LogP contribution < -0.4 is 10.5 Å². The molecule has 3 aromatic rings. The number of Topliss-reactive ketones (excluding diaryl/α,β-unsaturated/α-hetero) is 1. The average molecular weight is 422 g/mol. The Balaban J connectivity index is 1.43. The molecule has 1 aromatic heterocycles. The lowest BCUT2D eigenvalue weighted by atomic mass is 9.89. The van der Waals surface area contributed by atoms with Crippen LogP contribution in [0.5, 0.6) is 5.75 Å². The quantitative estimate of drug-likeness (QED) is 0.637. The number of ether oxygens (including phenoxy) is 1. The second-order valence-corrected chi connectivity index (χ2v) is 7.49. The third-order valence-electron chi connectivity index (χ3n) is 5.61. The van der Waals surface area contributed by atoms with Crippen molar-refractivity contribution >= 4 is 17.5 Å². The third kappa shape index (κ3) is 4.14. The standard InChI is InChI=1S/C23H23FN4O3/c1-31-19-7-5-18(6-8-19)28-22(25)20(14-26-28)21(29)15-9-11-27(12-10-15)23(30)16-3-2-4-17(24)13-16/h2-8,13-15H,9-12,25H2,1H3. The van der Waals surface area contributed by atoms with E-state index in [1.54, 1.807) is 30.2 Å². The Bertz CT molecular complexity index is 1100. The highest BCUT2D eigenvalue weighted by atomic mass is 19.1. The summed E-state index contributed by atoms with van der Waals surface area (Å²) in [5, 5.41) is 4.28. The zero-order valence-electron chi connectivity index (χ0n) is 17.1. The summed E-state index contributed by atoms with van der Waals surface area (Å²) in [7, 11) is 1.59. The van der Waals surface area contributed by atoms with Gasteiger partial charge in [0.15, 0.2) is 5.78 Å². The van der Waals surface area contributed by atoms with Gasteiger partial charge in [0.25, 0.3) is 5.91 Å². The fraction of sp³-hybridized carbons (Fsp3) is 0.261. The maximum Gasteiger partial charge on any atom is 0.253 e. The van der Waals surface area contributed by atoms with Gasteiger partial charge in [0, 0.05) is 24.6 Å². The van der Waals surface area contributed by atoms with E-state index in [2.05, 4.69) is 5.10 Å². The van der Waals surface area contributed by atoms with Gasteiger partial charge in [-0.1, -0.05) is 6.07 Å². The van der Waals surface area contributed by atoms with Gasteiger partial charge in [0.2, 0.25) is 0 Å². The van der Waals surface area contributed by atoms with E-state index >= 15 is 0 Å². The highest BCUT2D eigenvalue weighted by molar-refractivity contribution is 6.02. The van der Waals surface area contributed by atoms with E-state index in [4.69, 9.17) is 10.5 Å². The Labute approximate surface area is 179 Å². The Morgan fingerprint density at radius 2 is 1.84 bits per heavy atom. The lowest BCUT2D eigenvalue weighted by Gasteiger charge is -2.31. The Morgan fingerprint density at radius 1 is 1.13 bits per heavy atom. The lowest BCUT2D eigenvalue weighted by molar-refractivity contribution is 0.0650. The van der Waals surface area contributed by atoms with Gasteiger partial charge in [-0.2, -0.15) is 5.10 Å². The number of nitrogen functional groups attached to an aromatic ring is 1. The second-order valence-electron chi connectivity index (χ2n) is 7.49. The predicted molar refractivity (Wildman–Crippen MR) is 114 cm³/mol. The first kappa shape index (κ1) is 20.6. The first-order valence-electron chi connectivity index (χ1n) is 10.0. The molecule has 1 amide bonds. The number of aromatic nitrogens is 2. The van der Waals surface area contributed by atoms with Crippen molar-refractivity contribution in [2.24, 2.45) is 5.92 Å². The number of ketones is 1. The van der Waals surface area contributed by atoms with Crippen LogP contribution in [0.4, 0.5) is 10.2 Å². The molecule has 1 saturated heterocycles. The number of anilines is 1. The molecular weight excluding hydrogens is 399 g/mol. The fourth-order valence-corrected chi connectivity index (χ4v) is 3.85. The molecule has 31 heavy (non-hydrogen) atoms. The number of hydrogen-bond acceptors (Lipinski definition) is 5. The zero-order chi connectivity index (χ0) is 22.0. The maximum absolute atomic E-state index is 13.4. The number of amides is 1. The molecule has 2 heterocycles. The topological polar surface area (TPSA) is 90.5 Å². The van der Waals surface area contributed by atoms with Crippen molar-refractivity contribution in [2.75, 3.05) is 25.9 Å². The maximum atomic E-state index is 13.4. The number of likely N-dealkylation sites (tertiary alicyclic amines) is 1. The molecule has 0 radical (unpaired) electrons. The largest absolute Gasteiger partial charge is 0.497 e. The normalized spacial score (nSPS) is 14.5. The molecule has 0 unspecified atom stereocenters. The van der Waals surface area contributed by atoms with Crippen LogP contribution >= 0.6 is 0 Å². The van der Waals surface area contributed by atoms with E-state index in [0.29, 0.717) is 42.8 Å². The Hall–Kier alpha value is -3.68. The summed E-state index contributed by atoms with van der Waals surface area (Å²) in [6, 6.07) is 12.9. The Morgan fingerprint density at radius 3 is 2.48 bits per heavy atom. The second kappa shape index (κ2) is 8.59. The Kier molecular flexibility index (Phi) is 5.70. The first-order valence-corrected chi connectivity index (χ1v) is 10.0. The number of nitrogens with zero attached hydrogens (tertiary/aromatic N) is 3. The molecule has 1 aliphatic rings. The molecule has 0 aliphatic carbocycles. The highest BCUT2D eigenvalue weighted by Crippen LogP contribution is 2.27. The van der Waals surface area contributed by atoms with Crippen LogP contribution in [0.1, 0.15) is 33.6 Å². The van der Waals surface area contributed by atoms with Gasteiger partial charge >= 0.3 is 0 Å². The van der Waals surface area contributed by atoms with E-state index < -0.39 is 5.82 Å². The molecule has 1 fully saturated rings. The number of nitrogens with two attached hydrogens (primary N) is 1. The van der Waals surface area contributed by atoms with Crippen LogP contribution in [0, 0.1) is 11.7 Å². The smallest absolute Gasteiger partial charge is 0.253 e. The highest BCUT2D eigenvalue weighted by Gasteiger charge is 2.30. The summed E-state index contributed by atoms with van der Waals surface area (Å²) in [6.07, 6.45) is 2.53. The molecule has 2 N–H and O–H groups in total. The third-order valence-corrected chi connectivity index (χ3v) is 5.61. The molecule has 7 nitrogen and oxygen atoms in total. The van der Waals surface area contributed by atoms with Crippen LogP contribution in [-0.4, -0.2) is 46.6 Å². The van der Waals surface area contributed by atoms with Crippen LogP contribution in [0.2, 0.25) is 0 Å². The number of rotatable bonds is 5. The molecule has 8 heteroatoms. The summed E-state index contributed by atoms with van der Waals surface area (Å²) < 4.78 is 20.1. The van der Waals surface area contributed by atoms with E-state index in [9.17, 15) is 14.0 Å². The summed E-state index contributed by atoms with van der Waals surface area (Å²) >= 11 is 0. The van der Waals surface area contributed by atoms with Gasteiger partial charge in [-0.25, -0.2) is 9.07 Å². The summed E-state index contributed by atoms with van der Waals surface area (Å²) in [5.41, 5.74) is 7.65. The molecular formula is C23H23FN4O3. The molecule has 1 aliphatic heterocycles. The van der Waals surface area contributed by atoms with Crippen molar-refractivity contribution in [3.63, 3.8) is 0 Å². The van der Waals surface area contributed by atoms with Gasteiger partial charge in [-0.15, -0.1) is 0 Å². The minimum Gasteiger partial charge on any atom is -0.497 e. The van der Waals surface area contributed by atoms with Crippen molar-refractivity contribution in [3.05, 3.63) is 71.7 Å². The van der Waals surface area contributed by atoms with Gasteiger partial charge in [-0.05, 0) is 55.3 Å². The number of benzene rings is 2. The van der Waals surface area contributed by atoms with Crippen molar-refractivity contribution in [1.82, 2.24) is 14.7 Å². The summed E-state index contributed by atoms with van der Waals surface area (Å²) in [4.78, 5) is 27.3. The van der Waals surface area contributed by atoms with Crippen LogP contribution in [-0.2, 0) is 0 Å². The number of hydrogen-bond donors (Lipinski definition) is 1. The molecule has 0 saturated carbocycles. The molecule has 0 spiro atoms. The number of carbonyl (C=O) groups is 2. The van der Waals surface area contributed by atoms with Crippen molar-refractivity contribution in [1.29, 1.82) is 0 Å². The van der Waals surface area contributed by atoms with E-state index in [-0.39, 0.29) is 23.4 Å². The van der Waals surface area contributed by atoms with Crippen molar-refractivity contribution in [3.8, 4) is 11.4 Å². The molecule has 0 atom stereocenters. The van der Waals surface area contributed by atoms with Crippen LogP contribution in [0.25, 0.3) is 5.69 Å². The number of carbonyl (C=O) groups excluding carboxylic acids is 2. The van der Waals surface area contributed by atoms with Crippen LogP contribution in [0.3, 0.4) is 0 Å². The molecule has 0 bridgehead atoms. The minimum absolute atomic E-state index is 0.0740.